The van der Waals surface area contributed by atoms with Gasteiger partial charge in [0.1, 0.15) is 0 Å². The normalized spacial score (nSPS) is 15.5. The smallest absolute Gasteiger partial charge is 0.306 e. The van der Waals surface area contributed by atoms with Crippen LogP contribution in [0.5, 0.6) is 0 Å². The lowest BCUT2D eigenvalue weighted by Crippen LogP contribution is -2.23. The maximum Gasteiger partial charge on any atom is 0.306 e. The molecule has 0 rings (SSSR count). The zero-order valence-corrected chi connectivity index (χ0v) is 11.5. The van der Waals surface area contributed by atoms with Gasteiger partial charge < -0.3 is 5.11 Å². The van der Waals surface area contributed by atoms with Crippen LogP contribution in [0, 0.1) is 5.92 Å². The maximum atomic E-state index is 11.0. The van der Waals surface area contributed by atoms with Crippen molar-refractivity contribution in [2.45, 2.75) is 52.1 Å². The number of carbonyl (C=O) groups is 1. The standard InChI is InChI=1S/C11H22O5S/c1-4-5-6-9(2)7-10(8-11(12)13)16-17(3,14)15/h9-10H,4-8H2,1-3H3,(H,12,13)/t9-,10?/m1/s1. The van der Waals surface area contributed by atoms with Gasteiger partial charge in [-0.15, -0.1) is 0 Å². The van der Waals surface area contributed by atoms with Crippen LogP contribution < -0.4 is 0 Å². The second-order valence-corrected chi connectivity index (χ2v) is 6.10. The lowest BCUT2D eigenvalue weighted by atomic mass is 9.96. The van der Waals surface area contributed by atoms with Gasteiger partial charge in [0.05, 0.1) is 18.8 Å². The molecule has 0 aromatic carbocycles. The fraction of sp³-hybridized carbons (Fsp3) is 0.909. The molecule has 0 bridgehead atoms. The first-order valence-corrected chi connectivity index (χ1v) is 7.66. The molecule has 5 nitrogen and oxygen atoms in total. The molecule has 0 spiro atoms. The first-order valence-electron chi connectivity index (χ1n) is 5.84. The molecule has 1 unspecified atom stereocenters. The average Bonchev–Trinajstić information content (AvgIpc) is 2.10. The van der Waals surface area contributed by atoms with E-state index in [4.69, 9.17) is 9.29 Å². The van der Waals surface area contributed by atoms with Gasteiger partial charge in [-0.3, -0.25) is 8.98 Å². The fourth-order valence-electron chi connectivity index (χ4n) is 1.72. The van der Waals surface area contributed by atoms with E-state index in [9.17, 15) is 13.2 Å². The van der Waals surface area contributed by atoms with Crippen LogP contribution in [0.1, 0.15) is 46.0 Å². The summed E-state index contributed by atoms with van der Waals surface area (Å²) in [5.74, 6) is -0.776. The predicted molar refractivity (Wildman–Crippen MR) is 65.3 cm³/mol. The third-order valence-electron chi connectivity index (χ3n) is 2.43. The highest BCUT2D eigenvalue weighted by atomic mass is 32.2. The van der Waals surface area contributed by atoms with Gasteiger partial charge in [0.2, 0.25) is 0 Å². The Morgan fingerprint density at radius 3 is 2.41 bits per heavy atom. The summed E-state index contributed by atoms with van der Waals surface area (Å²) < 4.78 is 26.8. The van der Waals surface area contributed by atoms with E-state index in [0.717, 1.165) is 25.5 Å². The van der Waals surface area contributed by atoms with Crippen LogP contribution in [0.2, 0.25) is 0 Å². The second-order valence-electron chi connectivity index (χ2n) is 4.50. The van der Waals surface area contributed by atoms with Gasteiger partial charge in [-0.1, -0.05) is 33.1 Å². The molecule has 17 heavy (non-hydrogen) atoms. The van der Waals surface area contributed by atoms with Crippen LogP contribution >= 0.6 is 0 Å². The molecule has 0 saturated carbocycles. The summed E-state index contributed by atoms with van der Waals surface area (Å²) >= 11 is 0. The van der Waals surface area contributed by atoms with Gasteiger partial charge in [-0.05, 0) is 12.3 Å². The van der Waals surface area contributed by atoms with Crippen LogP contribution in [-0.2, 0) is 19.1 Å². The van der Waals surface area contributed by atoms with E-state index in [1.54, 1.807) is 0 Å². The van der Waals surface area contributed by atoms with E-state index < -0.39 is 22.2 Å². The average molecular weight is 266 g/mol. The highest BCUT2D eigenvalue weighted by Crippen LogP contribution is 2.19. The van der Waals surface area contributed by atoms with Crippen LogP contribution in [-0.4, -0.2) is 31.9 Å². The Labute approximate surface area is 103 Å². The topological polar surface area (TPSA) is 80.7 Å². The summed E-state index contributed by atoms with van der Waals surface area (Å²) in [5.41, 5.74) is 0. The van der Waals surface area contributed by atoms with E-state index in [0.29, 0.717) is 6.42 Å². The number of hydrogen-bond donors (Lipinski definition) is 1. The number of unbranched alkanes of at least 4 members (excludes halogenated alkanes) is 1. The Balaban J connectivity index is 4.32. The van der Waals surface area contributed by atoms with E-state index in [2.05, 4.69) is 6.92 Å². The minimum Gasteiger partial charge on any atom is -0.481 e. The van der Waals surface area contributed by atoms with Gasteiger partial charge in [0.25, 0.3) is 10.1 Å². The quantitative estimate of drug-likeness (QED) is 0.646. The highest BCUT2D eigenvalue weighted by Gasteiger charge is 2.21. The van der Waals surface area contributed by atoms with Gasteiger partial charge in [-0.2, -0.15) is 8.42 Å². The van der Waals surface area contributed by atoms with Gasteiger partial charge >= 0.3 is 5.97 Å². The Morgan fingerprint density at radius 2 is 2.00 bits per heavy atom. The molecule has 0 amide bonds. The van der Waals surface area contributed by atoms with Crippen LogP contribution in [0.25, 0.3) is 0 Å². The minimum absolute atomic E-state index is 0.265. The molecule has 2 atom stereocenters. The zero-order chi connectivity index (χ0) is 13.5. The Morgan fingerprint density at radius 1 is 1.41 bits per heavy atom. The summed E-state index contributed by atoms with van der Waals surface area (Å²) in [7, 11) is -3.60. The molecule has 1 N–H and O–H groups in total. The van der Waals surface area contributed by atoms with Crippen molar-refractivity contribution in [3.8, 4) is 0 Å². The molecule has 0 aliphatic carbocycles. The first-order chi connectivity index (χ1) is 7.74. The molecule has 6 heteroatoms. The van der Waals surface area contributed by atoms with Gasteiger partial charge in [0, 0.05) is 0 Å². The van der Waals surface area contributed by atoms with E-state index in [-0.39, 0.29) is 12.3 Å². The Hall–Kier alpha value is -0.620. The summed E-state index contributed by atoms with van der Waals surface area (Å²) in [6, 6.07) is 0. The SMILES string of the molecule is CCCC[C@@H](C)CC(CC(=O)O)OS(C)(=O)=O. The van der Waals surface area contributed by atoms with Crippen molar-refractivity contribution in [2.24, 2.45) is 5.92 Å². The lowest BCUT2D eigenvalue weighted by Gasteiger charge is -2.18. The Bertz CT molecular complexity index is 323. The summed E-state index contributed by atoms with van der Waals surface area (Å²) in [5, 5.41) is 8.69. The summed E-state index contributed by atoms with van der Waals surface area (Å²) in [6.45, 7) is 4.06. The number of carboxylic acids is 1. The van der Waals surface area contributed by atoms with Crippen molar-refractivity contribution in [1.29, 1.82) is 0 Å². The molecule has 0 saturated heterocycles. The first kappa shape index (κ1) is 16.4. The molecule has 102 valence electrons. The van der Waals surface area contributed by atoms with Crippen LogP contribution in [0.15, 0.2) is 0 Å². The number of aliphatic carboxylic acids is 1. The number of hydrogen-bond acceptors (Lipinski definition) is 4. The monoisotopic (exact) mass is 266 g/mol. The van der Waals surface area contributed by atoms with Crippen LogP contribution in [0.3, 0.4) is 0 Å². The largest absolute Gasteiger partial charge is 0.481 e. The summed E-state index contributed by atoms with van der Waals surface area (Å²) in [6.07, 6.45) is 3.46. The molecule has 0 aromatic rings. The Kier molecular flexibility index (Phi) is 7.38. The zero-order valence-electron chi connectivity index (χ0n) is 10.7. The predicted octanol–water partition coefficient (Wildman–Crippen LogP) is 2.02. The van der Waals surface area contributed by atoms with Crippen molar-refractivity contribution in [3.63, 3.8) is 0 Å². The molecule has 0 fully saturated rings. The van der Waals surface area contributed by atoms with Crippen LogP contribution in [0.4, 0.5) is 0 Å². The molecule has 0 heterocycles. The molecular formula is C11H22O5S. The van der Waals surface area contributed by atoms with Crippen molar-refractivity contribution < 1.29 is 22.5 Å². The van der Waals surface area contributed by atoms with Gasteiger partial charge in [0.15, 0.2) is 0 Å². The van der Waals surface area contributed by atoms with Crippen molar-refractivity contribution in [1.82, 2.24) is 0 Å². The van der Waals surface area contributed by atoms with Gasteiger partial charge in [-0.25, -0.2) is 0 Å². The fourth-order valence-corrected chi connectivity index (χ4v) is 2.36. The van der Waals surface area contributed by atoms with Crippen molar-refractivity contribution in [3.05, 3.63) is 0 Å². The molecule has 0 aliphatic rings. The molecule has 0 radical (unpaired) electrons. The minimum atomic E-state index is -3.60. The van der Waals surface area contributed by atoms with Crippen molar-refractivity contribution >= 4 is 16.1 Å². The van der Waals surface area contributed by atoms with E-state index >= 15 is 0 Å². The summed E-state index contributed by atoms with van der Waals surface area (Å²) in [4.78, 5) is 10.6. The van der Waals surface area contributed by atoms with Crippen molar-refractivity contribution in [2.75, 3.05) is 6.26 Å². The molecular weight excluding hydrogens is 244 g/mol. The lowest BCUT2D eigenvalue weighted by molar-refractivity contribution is -0.138. The molecule has 0 aliphatic heterocycles. The van der Waals surface area contributed by atoms with E-state index in [1.807, 2.05) is 6.92 Å². The highest BCUT2D eigenvalue weighted by molar-refractivity contribution is 7.86. The number of rotatable bonds is 9. The third kappa shape index (κ3) is 10.3. The maximum absolute atomic E-state index is 11.0. The second kappa shape index (κ2) is 7.66. The third-order valence-corrected chi connectivity index (χ3v) is 3.05. The molecule has 0 aromatic heterocycles. The van der Waals surface area contributed by atoms with E-state index in [1.165, 1.54) is 0 Å². The number of carboxylic acid groups (broad SMARTS) is 1.